The lowest BCUT2D eigenvalue weighted by molar-refractivity contribution is -0.136. The Morgan fingerprint density at radius 1 is 0.879 bits per heavy atom. The Kier molecular flexibility index (Phi) is 9.54. The molecule has 0 aliphatic carbocycles. The summed E-state index contributed by atoms with van der Waals surface area (Å²) in [6.07, 6.45) is 5.02. The fourth-order valence-corrected chi connectivity index (χ4v) is 4.71. The first-order chi connectivity index (χ1) is 16.0. The second-order valence-electron chi connectivity index (χ2n) is 9.20. The molecule has 3 rings (SSSR count). The van der Waals surface area contributed by atoms with Crippen LogP contribution in [0.4, 0.5) is 10.5 Å². The van der Waals surface area contributed by atoms with Crippen molar-refractivity contribution in [1.82, 2.24) is 20.4 Å². The molecular formula is C25H39N5O3. The van der Waals surface area contributed by atoms with Crippen LogP contribution in [-0.2, 0) is 9.59 Å². The summed E-state index contributed by atoms with van der Waals surface area (Å²) in [5.74, 6) is 0.361. The van der Waals surface area contributed by atoms with Crippen LogP contribution in [0.25, 0.3) is 0 Å². The molecule has 0 atom stereocenters. The van der Waals surface area contributed by atoms with E-state index in [1.165, 1.54) is 0 Å². The molecule has 182 valence electrons. The van der Waals surface area contributed by atoms with Gasteiger partial charge in [0.15, 0.2) is 0 Å². The van der Waals surface area contributed by atoms with Gasteiger partial charge in [-0.2, -0.15) is 0 Å². The summed E-state index contributed by atoms with van der Waals surface area (Å²) in [5.41, 5.74) is 0.807. The molecule has 0 spiro atoms. The van der Waals surface area contributed by atoms with Crippen LogP contribution in [0.3, 0.4) is 0 Å². The molecule has 0 aromatic heterocycles. The van der Waals surface area contributed by atoms with Crippen LogP contribution in [0.2, 0.25) is 0 Å². The number of anilines is 1. The minimum Gasteiger partial charge on any atom is -0.342 e. The molecule has 0 radical (unpaired) electrons. The molecule has 8 nitrogen and oxygen atoms in total. The SMILES string of the molecule is CCC(CC)C(=O)N1CCC(NC(=O)NC2CCN(CC(=O)Nc3ccccc3)CC2)CC1. The quantitative estimate of drug-likeness (QED) is 0.560. The highest BCUT2D eigenvalue weighted by Gasteiger charge is 2.28. The molecule has 2 aliphatic rings. The predicted octanol–water partition coefficient (Wildman–Crippen LogP) is 2.82. The topological polar surface area (TPSA) is 93.8 Å². The van der Waals surface area contributed by atoms with Crippen LogP contribution in [0, 0.1) is 5.92 Å². The van der Waals surface area contributed by atoms with Crippen molar-refractivity contribution in [3.8, 4) is 0 Å². The second-order valence-corrected chi connectivity index (χ2v) is 9.20. The van der Waals surface area contributed by atoms with Crippen molar-refractivity contribution in [2.45, 2.75) is 64.5 Å². The molecule has 2 fully saturated rings. The number of benzene rings is 1. The molecule has 1 aromatic rings. The van der Waals surface area contributed by atoms with Gasteiger partial charge in [0.25, 0.3) is 0 Å². The third-order valence-electron chi connectivity index (χ3n) is 6.82. The van der Waals surface area contributed by atoms with E-state index in [-0.39, 0.29) is 35.8 Å². The van der Waals surface area contributed by atoms with Gasteiger partial charge in [-0.15, -0.1) is 0 Å². The van der Waals surface area contributed by atoms with E-state index in [1.807, 2.05) is 35.2 Å². The minimum absolute atomic E-state index is 0.0145. The smallest absolute Gasteiger partial charge is 0.315 e. The maximum Gasteiger partial charge on any atom is 0.315 e. The van der Waals surface area contributed by atoms with Gasteiger partial charge in [-0.25, -0.2) is 4.79 Å². The van der Waals surface area contributed by atoms with E-state index in [0.717, 1.165) is 57.3 Å². The number of rotatable bonds is 8. The van der Waals surface area contributed by atoms with Crippen molar-refractivity contribution < 1.29 is 14.4 Å². The number of para-hydroxylation sites is 1. The Morgan fingerprint density at radius 2 is 1.42 bits per heavy atom. The molecule has 33 heavy (non-hydrogen) atoms. The molecule has 0 bridgehead atoms. The summed E-state index contributed by atoms with van der Waals surface area (Å²) in [6, 6.07) is 9.57. The Morgan fingerprint density at radius 3 is 1.97 bits per heavy atom. The molecule has 4 amide bonds. The molecule has 2 saturated heterocycles. The lowest BCUT2D eigenvalue weighted by Crippen LogP contribution is -2.53. The summed E-state index contributed by atoms with van der Waals surface area (Å²) < 4.78 is 0. The fraction of sp³-hybridized carbons (Fsp3) is 0.640. The molecule has 2 heterocycles. The molecule has 2 aliphatic heterocycles. The molecule has 1 aromatic carbocycles. The van der Waals surface area contributed by atoms with E-state index in [9.17, 15) is 14.4 Å². The van der Waals surface area contributed by atoms with Crippen LogP contribution in [0.5, 0.6) is 0 Å². The first kappa shape index (κ1) is 25.0. The second kappa shape index (κ2) is 12.6. The van der Waals surface area contributed by atoms with Crippen molar-refractivity contribution in [2.75, 3.05) is 38.0 Å². The number of nitrogens with zero attached hydrogens (tertiary/aromatic N) is 2. The standard InChI is InChI=1S/C25H39N5O3/c1-3-19(4-2)24(32)30-16-12-22(13-17-30)28-25(33)27-21-10-14-29(15-11-21)18-23(31)26-20-8-6-5-7-9-20/h5-9,19,21-22H,3-4,10-18H2,1-2H3,(H,26,31)(H2,27,28,33). The third-order valence-corrected chi connectivity index (χ3v) is 6.82. The number of piperidine rings is 2. The third kappa shape index (κ3) is 7.74. The van der Waals surface area contributed by atoms with Crippen LogP contribution in [0.1, 0.15) is 52.4 Å². The highest BCUT2D eigenvalue weighted by atomic mass is 16.2. The molecule has 0 unspecified atom stereocenters. The lowest BCUT2D eigenvalue weighted by atomic mass is 9.98. The van der Waals surface area contributed by atoms with Gasteiger partial charge in [0, 0.05) is 49.9 Å². The predicted molar refractivity (Wildman–Crippen MR) is 130 cm³/mol. The van der Waals surface area contributed by atoms with Crippen LogP contribution in [-0.4, -0.2) is 72.5 Å². The normalized spacial score (nSPS) is 18.2. The van der Waals surface area contributed by atoms with Gasteiger partial charge in [0.05, 0.1) is 6.54 Å². The zero-order valence-corrected chi connectivity index (χ0v) is 20.0. The van der Waals surface area contributed by atoms with Crippen LogP contribution >= 0.6 is 0 Å². The highest BCUT2D eigenvalue weighted by Crippen LogP contribution is 2.17. The Balaban J connectivity index is 1.31. The largest absolute Gasteiger partial charge is 0.342 e. The van der Waals surface area contributed by atoms with Gasteiger partial charge in [-0.3, -0.25) is 14.5 Å². The first-order valence-corrected chi connectivity index (χ1v) is 12.4. The Hall–Kier alpha value is -2.61. The summed E-state index contributed by atoms with van der Waals surface area (Å²) >= 11 is 0. The van der Waals surface area contributed by atoms with Crippen molar-refractivity contribution in [1.29, 1.82) is 0 Å². The molecule has 0 saturated carbocycles. The monoisotopic (exact) mass is 457 g/mol. The number of carbonyl (C=O) groups is 3. The highest BCUT2D eigenvalue weighted by molar-refractivity contribution is 5.92. The van der Waals surface area contributed by atoms with Gasteiger partial charge in [-0.05, 0) is 50.7 Å². The first-order valence-electron chi connectivity index (χ1n) is 12.4. The van der Waals surface area contributed by atoms with E-state index >= 15 is 0 Å². The van der Waals surface area contributed by atoms with E-state index in [1.54, 1.807) is 0 Å². The number of urea groups is 1. The average molecular weight is 458 g/mol. The van der Waals surface area contributed by atoms with Gasteiger partial charge in [0.2, 0.25) is 11.8 Å². The van der Waals surface area contributed by atoms with E-state index in [2.05, 4.69) is 34.7 Å². The number of hydrogen-bond donors (Lipinski definition) is 3. The van der Waals surface area contributed by atoms with Crippen molar-refractivity contribution in [2.24, 2.45) is 5.92 Å². The van der Waals surface area contributed by atoms with Gasteiger partial charge < -0.3 is 20.9 Å². The number of hydrogen-bond acceptors (Lipinski definition) is 4. The van der Waals surface area contributed by atoms with Gasteiger partial charge in [-0.1, -0.05) is 32.0 Å². The zero-order valence-electron chi connectivity index (χ0n) is 20.0. The summed E-state index contributed by atoms with van der Waals surface area (Å²) in [5, 5.41) is 9.10. The minimum atomic E-state index is -0.125. The van der Waals surface area contributed by atoms with Crippen LogP contribution < -0.4 is 16.0 Å². The maximum absolute atomic E-state index is 12.5. The summed E-state index contributed by atoms with van der Waals surface area (Å²) in [4.78, 5) is 41.3. The van der Waals surface area contributed by atoms with Gasteiger partial charge >= 0.3 is 6.03 Å². The number of carbonyl (C=O) groups excluding carboxylic acids is 3. The molecular weight excluding hydrogens is 418 g/mol. The zero-order chi connectivity index (χ0) is 23.6. The van der Waals surface area contributed by atoms with Gasteiger partial charge in [0.1, 0.15) is 0 Å². The summed E-state index contributed by atoms with van der Waals surface area (Å²) in [7, 11) is 0. The molecule has 8 heteroatoms. The van der Waals surface area contributed by atoms with Crippen molar-refractivity contribution >= 4 is 23.5 Å². The number of likely N-dealkylation sites (tertiary alicyclic amines) is 2. The molecule has 3 N–H and O–H groups in total. The number of amides is 4. The van der Waals surface area contributed by atoms with E-state index in [0.29, 0.717) is 19.6 Å². The summed E-state index contributed by atoms with van der Waals surface area (Å²) in [6.45, 7) is 7.48. The maximum atomic E-state index is 12.5. The van der Waals surface area contributed by atoms with E-state index in [4.69, 9.17) is 0 Å². The van der Waals surface area contributed by atoms with Crippen molar-refractivity contribution in [3.05, 3.63) is 30.3 Å². The van der Waals surface area contributed by atoms with Crippen LogP contribution in [0.15, 0.2) is 30.3 Å². The lowest BCUT2D eigenvalue weighted by Gasteiger charge is -2.35. The average Bonchev–Trinajstić information content (AvgIpc) is 2.82. The number of nitrogens with one attached hydrogen (secondary N) is 3. The van der Waals surface area contributed by atoms with E-state index < -0.39 is 0 Å². The Labute approximate surface area is 197 Å². The Bertz CT molecular complexity index is 768. The van der Waals surface area contributed by atoms with Crippen molar-refractivity contribution in [3.63, 3.8) is 0 Å². The fourth-order valence-electron chi connectivity index (χ4n) is 4.71.